The molecule has 2 rings (SSSR count). The van der Waals surface area contributed by atoms with Gasteiger partial charge in [-0.25, -0.2) is 0 Å². The van der Waals surface area contributed by atoms with E-state index in [-0.39, 0.29) is 0 Å². The molecule has 17 heavy (non-hydrogen) atoms. The normalized spacial score (nSPS) is 12.6. The van der Waals surface area contributed by atoms with Crippen LogP contribution in [0, 0.1) is 6.92 Å². The summed E-state index contributed by atoms with van der Waals surface area (Å²) >= 11 is 7.60. The third kappa shape index (κ3) is 3.32. The van der Waals surface area contributed by atoms with Crippen molar-refractivity contribution in [1.29, 1.82) is 0 Å². The van der Waals surface area contributed by atoms with Gasteiger partial charge >= 0.3 is 0 Å². The third-order valence-electron chi connectivity index (χ3n) is 2.86. The predicted molar refractivity (Wildman–Crippen MR) is 75.8 cm³/mol. The molecule has 90 valence electrons. The molecule has 0 saturated heterocycles. The summed E-state index contributed by atoms with van der Waals surface area (Å²) in [6, 6.07) is 10.9. The molecule has 0 fully saturated rings. The molecule has 0 amide bonds. The standard InChI is InChI=1S/C14H16ClNS/c1-10-5-3-4-6-14(10)11(2)16-8-13-7-12(15)9-17-13/h3-7,9,11,16H,8H2,1-2H3. The van der Waals surface area contributed by atoms with Crippen molar-refractivity contribution in [1.82, 2.24) is 5.32 Å². The lowest BCUT2D eigenvalue weighted by molar-refractivity contribution is 0.576. The van der Waals surface area contributed by atoms with E-state index in [9.17, 15) is 0 Å². The van der Waals surface area contributed by atoms with E-state index < -0.39 is 0 Å². The Kier molecular flexibility index (Phi) is 4.21. The van der Waals surface area contributed by atoms with Crippen LogP contribution in [-0.4, -0.2) is 0 Å². The molecule has 1 N–H and O–H groups in total. The SMILES string of the molecule is Cc1ccccc1C(C)NCc1cc(Cl)cs1. The molecule has 3 heteroatoms. The van der Waals surface area contributed by atoms with Crippen molar-refractivity contribution in [2.24, 2.45) is 0 Å². The second kappa shape index (κ2) is 5.67. The molecule has 1 heterocycles. The first-order valence-corrected chi connectivity index (χ1v) is 6.94. The fourth-order valence-corrected chi connectivity index (χ4v) is 2.91. The topological polar surface area (TPSA) is 12.0 Å². The van der Waals surface area contributed by atoms with Crippen LogP contribution in [0.3, 0.4) is 0 Å². The molecule has 0 radical (unpaired) electrons. The first-order valence-electron chi connectivity index (χ1n) is 5.68. The Hall–Kier alpha value is -0.830. The van der Waals surface area contributed by atoms with Crippen LogP contribution >= 0.6 is 22.9 Å². The van der Waals surface area contributed by atoms with Gasteiger partial charge in [0, 0.05) is 22.8 Å². The maximum absolute atomic E-state index is 5.90. The van der Waals surface area contributed by atoms with Gasteiger partial charge in [-0.05, 0) is 31.0 Å². The van der Waals surface area contributed by atoms with Crippen molar-refractivity contribution >= 4 is 22.9 Å². The molecular formula is C14H16ClNS. The van der Waals surface area contributed by atoms with Gasteiger partial charge in [-0.3, -0.25) is 0 Å². The number of benzene rings is 1. The number of hydrogen-bond acceptors (Lipinski definition) is 2. The number of halogens is 1. The van der Waals surface area contributed by atoms with Crippen LogP contribution in [0.15, 0.2) is 35.7 Å². The van der Waals surface area contributed by atoms with Crippen LogP contribution in [0.2, 0.25) is 5.02 Å². The summed E-state index contributed by atoms with van der Waals surface area (Å²) in [7, 11) is 0. The fraction of sp³-hybridized carbons (Fsp3) is 0.286. The van der Waals surface area contributed by atoms with Gasteiger partial charge < -0.3 is 5.32 Å². The van der Waals surface area contributed by atoms with E-state index in [1.807, 2.05) is 11.4 Å². The van der Waals surface area contributed by atoms with Crippen molar-refractivity contribution in [3.05, 3.63) is 56.7 Å². The third-order valence-corrected chi connectivity index (χ3v) is 4.14. The lowest BCUT2D eigenvalue weighted by atomic mass is 10.0. The Bertz CT molecular complexity index is 492. The van der Waals surface area contributed by atoms with Crippen LogP contribution in [0.25, 0.3) is 0 Å². The number of rotatable bonds is 4. The Morgan fingerprint density at radius 1 is 1.35 bits per heavy atom. The maximum Gasteiger partial charge on any atom is 0.0516 e. The van der Waals surface area contributed by atoms with E-state index in [2.05, 4.69) is 43.4 Å². The molecule has 0 bridgehead atoms. The molecule has 1 aromatic carbocycles. The molecule has 2 aromatic rings. The summed E-state index contributed by atoms with van der Waals surface area (Å²) < 4.78 is 0. The van der Waals surface area contributed by atoms with Gasteiger partial charge in [-0.1, -0.05) is 35.9 Å². The summed E-state index contributed by atoms with van der Waals surface area (Å²) in [5, 5.41) is 6.32. The molecule has 0 aliphatic rings. The zero-order chi connectivity index (χ0) is 12.3. The molecule has 0 saturated carbocycles. The summed E-state index contributed by atoms with van der Waals surface area (Å²) in [4.78, 5) is 1.27. The maximum atomic E-state index is 5.90. The molecule has 1 atom stereocenters. The Morgan fingerprint density at radius 2 is 2.12 bits per heavy atom. The second-order valence-corrected chi connectivity index (χ2v) is 5.62. The van der Waals surface area contributed by atoms with Crippen LogP contribution in [0.1, 0.15) is 29.0 Å². The van der Waals surface area contributed by atoms with Gasteiger partial charge in [-0.15, -0.1) is 11.3 Å². The lowest BCUT2D eigenvalue weighted by Crippen LogP contribution is -2.18. The Morgan fingerprint density at radius 3 is 2.76 bits per heavy atom. The molecular weight excluding hydrogens is 250 g/mol. The zero-order valence-corrected chi connectivity index (χ0v) is 11.6. The first-order chi connectivity index (χ1) is 8.16. The fourth-order valence-electron chi connectivity index (χ4n) is 1.88. The Labute approximate surface area is 111 Å². The van der Waals surface area contributed by atoms with Gasteiger partial charge in [0.1, 0.15) is 0 Å². The minimum Gasteiger partial charge on any atom is -0.305 e. The zero-order valence-electron chi connectivity index (χ0n) is 10.0. The van der Waals surface area contributed by atoms with Crippen LogP contribution in [0.4, 0.5) is 0 Å². The quantitative estimate of drug-likeness (QED) is 0.855. The van der Waals surface area contributed by atoms with Gasteiger partial charge in [-0.2, -0.15) is 0 Å². The van der Waals surface area contributed by atoms with Crippen molar-refractivity contribution in [3.8, 4) is 0 Å². The van der Waals surface area contributed by atoms with Crippen molar-refractivity contribution in [2.75, 3.05) is 0 Å². The van der Waals surface area contributed by atoms with Gasteiger partial charge in [0.05, 0.1) is 5.02 Å². The summed E-state index contributed by atoms with van der Waals surface area (Å²) in [6.07, 6.45) is 0. The number of thiophene rings is 1. The second-order valence-electron chi connectivity index (χ2n) is 4.19. The molecule has 0 aliphatic heterocycles. The van der Waals surface area contributed by atoms with E-state index in [0.29, 0.717) is 6.04 Å². The predicted octanol–water partition coefficient (Wildman–Crippen LogP) is 4.56. The largest absolute Gasteiger partial charge is 0.305 e. The molecule has 0 aliphatic carbocycles. The highest BCUT2D eigenvalue weighted by molar-refractivity contribution is 7.10. The first kappa shape index (κ1) is 12.6. The van der Waals surface area contributed by atoms with E-state index in [1.165, 1.54) is 16.0 Å². The van der Waals surface area contributed by atoms with E-state index in [1.54, 1.807) is 11.3 Å². The lowest BCUT2D eigenvalue weighted by Gasteiger charge is -2.15. The average Bonchev–Trinajstić information content (AvgIpc) is 2.73. The van der Waals surface area contributed by atoms with E-state index in [0.717, 1.165) is 11.6 Å². The van der Waals surface area contributed by atoms with Crippen molar-refractivity contribution in [2.45, 2.75) is 26.4 Å². The highest BCUT2D eigenvalue weighted by Gasteiger charge is 2.07. The van der Waals surface area contributed by atoms with Gasteiger partial charge in [0.2, 0.25) is 0 Å². The average molecular weight is 266 g/mol. The van der Waals surface area contributed by atoms with Crippen LogP contribution in [0.5, 0.6) is 0 Å². The van der Waals surface area contributed by atoms with Gasteiger partial charge in [0.25, 0.3) is 0 Å². The summed E-state index contributed by atoms with van der Waals surface area (Å²) in [6.45, 7) is 5.21. The smallest absolute Gasteiger partial charge is 0.0516 e. The molecule has 1 unspecified atom stereocenters. The molecule has 0 spiro atoms. The summed E-state index contributed by atoms with van der Waals surface area (Å²) in [5.41, 5.74) is 2.69. The minimum absolute atomic E-state index is 0.358. The number of aryl methyl sites for hydroxylation is 1. The van der Waals surface area contributed by atoms with Crippen LogP contribution < -0.4 is 5.32 Å². The molecule has 1 nitrogen and oxygen atoms in total. The van der Waals surface area contributed by atoms with Crippen molar-refractivity contribution in [3.63, 3.8) is 0 Å². The Balaban J connectivity index is 1.98. The van der Waals surface area contributed by atoms with Gasteiger partial charge in [0.15, 0.2) is 0 Å². The summed E-state index contributed by atoms with van der Waals surface area (Å²) in [5.74, 6) is 0. The molecule has 1 aromatic heterocycles. The van der Waals surface area contributed by atoms with E-state index >= 15 is 0 Å². The highest BCUT2D eigenvalue weighted by atomic mass is 35.5. The van der Waals surface area contributed by atoms with E-state index in [4.69, 9.17) is 11.6 Å². The van der Waals surface area contributed by atoms with Crippen molar-refractivity contribution < 1.29 is 0 Å². The minimum atomic E-state index is 0.358. The number of nitrogens with one attached hydrogen (secondary N) is 1. The number of hydrogen-bond donors (Lipinski definition) is 1. The monoisotopic (exact) mass is 265 g/mol. The highest BCUT2D eigenvalue weighted by Crippen LogP contribution is 2.21. The van der Waals surface area contributed by atoms with Crippen LogP contribution in [-0.2, 0) is 6.54 Å².